The van der Waals surface area contributed by atoms with E-state index in [2.05, 4.69) is 24.1 Å². The monoisotopic (exact) mass is 334 g/mol. The molecule has 1 saturated heterocycles. The number of hydrogen-bond acceptors (Lipinski definition) is 4. The zero-order valence-electron chi connectivity index (χ0n) is 15.4. The maximum atomic E-state index is 12.5. The zero-order chi connectivity index (χ0) is 17.6. The average Bonchev–Trinajstić information content (AvgIpc) is 2.60. The number of nitrogens with one attached hydrogen (secondary N) is 1. The van der Waals surface area contributed by atoms with Crippen LogP contribution in [0.5, 0.6) is 11.5 Å². The van der Waals surface area contributed by atoms with Gasteiger partial charge in [-0.25, -0.2) is 0 Å². The highest BCUT2D eigenvalue weighted by Gasteiger charge is 2.28. The van der Waals surface area contributed by atoms with E-state index >= 15 is 0 Å². The Kier molecular flexibility index (Phi) is 6.49. The third-order valence-corrected chi connectivity index (χ3v) is 4.62. The lowest BCUT2D eigenvalue weighted by atomic mass is 9.98. The summed E-state index contributed by atoms with van der Waals surface area (Å²) in [6, 6.07) is 5.28. The van der Waals surface area contributed by atoms with Crippen LogP contribution in [-0.2, 0) is 0 Å². The van der Waals surface area contributed by atoms with Gasteiger partial charge in [0.2, 0.25) is 0 Å². The van der Waals surface area contributed by atoms with E-state index in [-0.39, 0.29) is 11.4 Å². The van der Waals surface area contributed by atoms with Gasteiger partial charge in [0.25, 0.3) is 5.91 Å². The number of methoxy groups -OCH3 is 1. The third kappa shape index (κ3) is 4.63. The van der Waals surface area contributed by atoms with Crippen molar-refractivity contribution in [2.45, 2.75) is 45.6 Å². The SMILES string of the molecule is CCOc1cc(C(=O)NCC(C)(C)N2CCCCC2)ccc1OC. The minimum absolute atomic E-state index is 0.0364. The summed E-state index contributed by atoms with van der Waals surface area (Å²) in [4.78, 5) is 15.0. The lowest BCUT2D eigenvalue weighted by molar-refractivity contribution is 0.0797. The van der Waals surface area contributed by atoms with Crippen molar-refractivity contribution in [3.8, 4) is 11.5 Å². The molecule has 0 radical (unpaired) electrons. The van der Waals surface area contributed by atoms with Crippen molar-refractivity contribution in [3.05, 3.63) is 23.8 Å². The van der Waals surface area contributed by atoms with E-state index in [1.165, 1.54) is 19.3 Å². The van der Waals surface area contributed by atoms with Gasteiger partial charge in [-0.05, 0) is 64.9 Å². The Morgan fingerprint density at radius 3 is 2.54 bits per heavy atom. The Balaban J connectivity index is 2.00. The summed E-state index contributed by atoms with van der Waals surface area (Å²) >= 11 is 0. The minimum Gasteiger partial charge on any atom is -0.493 e. The number of benzene rings is 1. The number of piperidine rings is 1. The predicted octanol–water partition coefficient (Wildman–Crippen LogP) is 3.09. The van der Waals surface area contributed by atoms with Crippen molar-refractivity contribution < 1.29 is 14.3 Å². The number of hydrogen-bond donors (Lipinski definition) is 1. The Morgan fingerprint density at radius 2 is 1.92 bits per heavy atom. The van der Waals surface area contributed by atoms with E-state index in [0.29, 0.717) is 30.2 Å². The fourth-order valence-corrected chi connectivity index (χ4v) is 3.10. The van der Waals surface area contributed by atoms with Crippen molar-refractivity contribution >= 4 is 5.91 Å². The van der Waals surface area contributed by atoms with Gasteiger partial charge in [0.05, 0.1) is 13.7 Å². The summed E-state index contributed by atoms with van der Waals surface area (Å²) in [6.45, 7) is 9.68. The number of rotatable bonds is 7. The summed E-state index contributed by atoms with van der Waals surface area (Å²) in [5, 5.41) is 3.07. The lowest BCUT2D eigenvalue weighted by Crippen LogP contribution is -2.53. The summed E-state index contributed by atoms with van der Waals surface area (Å²) in [5.41, 5.74) is 0.555. The van der Waals surface area contributed by atoms with Crippen LogP contribution in [0.4, 0.5) is 0 Å². The first-order valence-corrected chi connectivity index (χ1v) is 8.82. The van der Waals surface area contributed by atoms with Crippen molar-refractivity contribution in [1.29, 1.82) is 0 Å². The number of carbonyl (C=O) groups is 1. The summed E-state index contributed by atoms with van der Waals surface area (Å²) < 4.78 is 10.8. The second kappa shape index (κ2) is 8.38. The molecular formula is C19H30N2O3. The number of ether oxygens (including phenoxy) is 2. The molecule has 1 aliphatic heterocycles. The maximum Gasteiger partial charge on any atom is 0.251 e. The van der Waals surface area contributed by atoms with Crippen LogP contribution in [0.25, 0.3) is 0 Å². The molecule has 1 N–H and O–H groups in total. The molecule has 1 aromatic carbocycles. The van der Waals surface area contributed by atoms with Gasteiger partial charge in [0.15, 0.2) is 11.5 Å². The van der Waals surface area contributed by atoms with Gasteiger partial charge >= 0.3 is 0 Å². The molecule has 0 aromatic heterocycles. The van der Waals surface area contributed by atoms with Crippen molar-refractivity contribution in [1.82, 2.24) is 10.2 Å². The molecule has 2 rings (SSSR count). The molecule has 5 heteroatoms. The van der Waals surface area contributed by atoms with Crippen LogP contribution in [0.15, 0.2) is 18.2 Å². The van der Waals surface area contributed by atoms with E-state index in [4.69, 9.17) is 9.47 Å². The number of carbonyl (C=O) groups excluding carboxylic acids is 1. The summed E-state index contributed by atoms with van der Waals surface area (Å²) in [6.07, 6.45) is 3.80. The van der Waals surface area contributed by atoms with Gasteiger partial charge in [-0.3, -0.25) is 9.69 Å². The van der Waals surface area contributed by atoms with Crippen molar-refractivity contribution in [3.63, 3.8) is 0 Å². The molecule has 1 aromatic rings. The average molecular weight is 334 g/mol. The summed E-state index contributed by atoms with van der Waals surface area (Å²) in [7, 11) is 1.60. The molecule has 134 valence electrons. The molecule has 0 saturated carbocycles. The van der Waals surface area contributed by atoms with E-state index in [1.54, 1.807) is 25.3 Å². The Hall–Kier alpha value is -1.75. The smallest absolute Gasteiger partial charge is 0.251 e. The molecule has 24 heavy (non-hydrogen) atoms. The molecule has 0 spiro atoms. The van der Waals surface area contributed by atoms with E-state index in [0.717, 1.165) is 13.1 Å². The first kappa shape index (κ1) is 18.6. The highest BCUT2D eigenvalue weighted by atomic mass is 16.5. The Labute approximate surface area is 145 Å². The van der Waals surface area contributed by atoms with Crippen LogP contribution >= 0.6 is 0 Å². The lowest BCUT2D eigenvalue weighted by Gasteiger charge is -2.41. The Bertz CT molecular complexity index is 552. The molecule has 1 fully saturated rings. The highest BCUT2D eigenvalue weighted by Crippen LogP contribution is 2.28. The van der Waals surface area contributed by atoms with Crippen LogP contribution < -0.4 is 14.8 Å². The second-order valence-electron chi connectivity index (χ2n) is 6.84. The van der Waals surface area contributed by atoms with Gasteiger partial charge in [-0.2, -0.15) is 0 Å². The molecule has 1 heterocycles. The van der Waals surface area contributed by atoms with Gasteiger partial charge in [0, 0.05) is 17.6 Å². The standard InChI is InChI=1S/C19H30N2O3/c1-5-24-17-13-15(9-10-16(17)23-4)18(22)20-14-19(2,3)21-11-7-6-8-12-21/h9-10,13H,5-8,11-12,14H2,1-4H3,(H,20,22). The molecule has 0 bridgehead atoms. The number of likely N-dealkylation sites (tertiary alicyclic amines) is 1. The Morgan fingerprint density at radius 1 is 1.21 bits per heavy atom. The largest absolute Gasteiger partial charge is 0.493 e. The molecular weight excluding hydrogens is 304 g/mol. The second-order valence-corrected chi connectivity index (χ2v) is 6.84. The molecule has 1 aliphatic rings. The van der Waals surface area contributed by atoms with Crippen LogP contribution in [0.1, 0.15) is 50.4 Å². The number of nitrogens with zero attached hydrogens (tertiary/aromatic N) is 1. The molecule has 0 unspecified atom stereocenters. The normalized spacial score (nSPS) is 15.8. The van der Waals surface area contributed by atoms with Crippen LogP contribution in [-0.4, -0.2) is 49.7 Å². The fraction of sp³-hybridized carbons (Fsp3) is 0.632. The quantitative estimate of drug-likeness (QED) is 0.832. The fourth-order valence-electron chi connectivity index (χ4n) is 3.10. The van der Waals surface area contributed by atoms with Gasteiger partial charge < -0.3 is 14.8 Å². The van der Waals surface area contributed by atoms with Gasteiger partial charge in [-0.1, -0.05) is 6.42 Å². The first-order chi connectivity index (χ1) is 11.5. The van der Waals surface area contributed by atoms with Crippen molar-refractivity contribution in [2.75, 3.05) is 33.4 Å². The van der Waals surface area contributed by atoms with E-state index in [9.17, 15) is 4.79 Å². The summed E-state index contributed by atoms with van der Waals surface area (Å²) in [5.74, 6) is 1.16. The van der Waals surface area contributed by atoms with Gasteiger partial charge in [-0.15, -0.1) is 0 Å². The topological polar surface area (TPSA) is 50.8 Å². The van der Waals surface area contributed by atoms with E-state index in [1.807, 2.05) is 6.92 Å². The van der Waals surface area contributed by atoms with Crippen LogP contribution in [0.3, 0.4) is 0 Å². The first-order valence-electron chi connectivity index (χ1n) is 8.82. The third-order valence-electron chi connectivity index (χ3n) is 4.62. The zero-order valence-corrected chi connectivity index (χ0v) is 15.4. The molecule has 5 nitrogen and oxygen atoms in total. The van der Waals surface area contributed by atoms with Gasteiger partial charge in [0.1, 0.15) is 0 Å². The predicted molar refractivity (Wildman–Crippen MR) is 96.0 cm³/mol. The van der Waals surface area contributed by atoms with E-state index < -0.39 is 0 Å². The van der Waals surface area contributed by atoms with Crippen LogP contribution in [0.2, 0.25) is 0 Å². The van der Waals surface area contributed by atoms with Crippen LogP contribution in [0, 0.1) is 0 Å². The molecule has 0 aliphatic carbocycles. The maximum absolute atomic E-state index is 12.5. The van der Waals surface area contributed by atoms with Crippen molar-refractivity contribution in [2.24, 2.45) is 0 Å². The minimum atomic E-state index is -0.0799. The molecule has 0 atom stereocenters. The number of amides is 1. The highest BCUT2D eigenvalue weighted by molar-refractivity contribution is 5.94. The molecule has 1 amide bonds.